The Morgan fingerprint density at radius 3 is 2.34 bits per heavy atom. The summed E-state index contributed by atoms with van der Waals surface area (Å²) in [6.07, 6.45) is 0.245. The van der Waals surface area contributed by atoms with E-state index in [9.17, 15) is 14.0 Å². The predicted octanol–water partition coefficient (Wildman–Crippen LogP) is 4.91. The van der Waals surface area contributed by atoms with Gasteiger partial charge < -0.3 is 10.2 Å². The Balaban J connectivity index is 1.96. The number of nitrogens with one attached hydrogen (secondary N) is 1. The molecule has 0 unspecified atom stereocenters. The Bertz CT molecular complexity index is 1060. The van der Waals surface area contributed by atoms with E-state index in [-0.39, 0.29) is 24.8 Å². The Labute approximate surface area is 196 Å². The van der Waals surface area contributed by atoms with E-state index in [0.717, 1.165) is 15.6 Å². The largest absolute Gasteiger partial charge is 0.355 e. The third-order valence-electron chi connectivity index (χ3n) is 5.16. The molecule has 0 saturated heterocycles. The summed E-state index contributed by atoms with van der Waals surface area (Å²) in [7, 11) is 0. The van der Waals surface area contributed by atoms with Gasteiger partial charge in [-0.3, -0.25) is 9.59 Å². The van der Waals surface area contributed by atoms with Crippen LogP contribution >= 0.6 is 15.9 Å². The number of nitrogens with zero attached hydrogens (tertiary/aromatic N) is 1. The molecule has 166 valence electrons. The maximum Gasteiger partial charge on any atom is 0.243 e. The molecule has 3 aromatic rings. The van der Waals surface area contributed by atoms with Gasteiger partial charge in [0.15, 0.2) is 0 Å². The molecule has 0 radical (unpaired) electrons. The summed E-state index contributed by atoms with van der Waals surface area (Å²) in [5, 5.41) is 2.86. The fraction of sp³-hybridized carbons (Fsp3) is 0.231. The van der Waals surface area contributed by atoms with Gasteiger partial charge in [-0.05, 0) is 41.8 Å². The summed E-state index contributed by atoms with van der Waals surface area (Å²) in [4.78, 5) is 28.1. The quantitative estimate of drug-likeness (QED) is 0.457. The highest BCUT2D eigenvalue weighted by Gasteiger charge is 2.30. The lowest BCUT2D eigenvalue weighted by Gasteiger charge is -2.31. The summed E-state index contributed by atoms with van der Waals surface area (Å²) in [5.74, 6) is -0.962. The van der Waals surface area contributed by atoms with Gasteiger partial charge in [-0.1, -0.05) is 76.6 Å². The zero-order valence-electron chi connectivity index (χ0n) is 17.9. The lowest BCUT2D eigenvalue weighted by atomic mass is 10.0. The van der Waals surface area contributed by atoms with Crippen LogP contribution < -0.4 is 5.32 Å². The van der Waals surface area contributed by atoms with Crippen molar-refractivity contribution in [2.45, 2.75) is 32.4 Å². The first-order valence-electron chi connectivity index (χ1n) is 10.6. The standard InChI is InChI=1S/C26H26BrFN2O2/c1-2-29-26(32)24(16-19-9-4-3-5-10-19)30(18-20-11-8-13-22(27)15-20)25(31)17-21-12-6-7-14-23(21)28/h3-15,24H,2,16-18H2,1H3,(H,29,32)/t24-/m1/s1. The fourth-order valence-electron chi connectivity index (χ4n) is 3.58. The zero-order chi connectivity index (χ0) is 22.9. The highest BCUT2D eigenvalue weighted by molar-refractivity contribution is 9.10. The van der Waals surface area contributed by atoms with E-state index in [1.807, 2.05) is 61.5 Å². The van der Waals surface area contributed by atoms with Crippen LogP contribution in [0.1, 0.15) is 23.6 Å². The highest BCUT2D eigenvalue weighted by atomic mass is 79.9. The number of likely N-dealkylation sites (N-methyl/N-ethyl adjacent to an activating group) is 1. The fourth-order valence-corrected chi connectivity index (χ4v) is 4.03. The van der Waals surface area contributed by atoms with E-state index >= 15 is 0 Å². The summed E-state index contributed by atoms with van der Waals surface area (Å²) in [6.45, 7) is 2.54. The van der Waals surface area contributed by atoms with Crippen LogP contribution in [0.2, 0.25) is 0 Å². The van der Waals surface area contributed by atoms with Crippen LogP contribution in [-0.2, 0) is 29.0 Å². The number of carbonyl (C=O) groups excluding carboxylic acids is 2. The Morgan fingerprint density at radius 1 is 0.969 bits per heavy atom. The number of hydrogen-bond donors (Lipinski definition) is 1. The number of halogens is 2. The first kappa shape index (κ1) is 23.7. The minimum absolute atomic E-state index is 0.120. The van der Waals surface area contributed by atoms with Crippen molar-refractivity contribution in [2.24, 2.45) is 0 Å². The molecule has 1 N–H and O–H groups in total. The maximum atomic E-state index is 14.3. The molecular formula is C26H26BrFN2O2. The predicted molar refractivity (Wildman–Crippen MR) is 127 cm³/mol. The molecular weight excluding hydrogens is 471 g/mol. The van der Waals surface area contributed by atoms with Gasteiger partial charge in [0.05, 0.1) is 6.42 Å². The average molecular weight is 497 g/mol. The molecule has 0 aromatic heterocycles. The molecule has 0 saturated carbocycles. The van der Waals surface area contributed by atoms with Crippen LogP contribution in [0.25, 0.3) is 0 Å². The van der Waals surface area contributed by atoms with Crippen LogP contribution in [0.5, 0.6) is 0 Å². The van der Waals surface area contributed by atoms with Gasteiger partial charge in [0.25, 0.3) is 0 Å². The monoisotopic (exact) mass is 496 g/mol. The van der Waals surface area contributed by atoms with Crippen LogP contribution in [0, 0.1) is 5.82 Å². The van der Waals surface area contributed by atoms with Gasteiger partial charge in [-0.2, -0.15) is 0 Å². The molecule has 6 heteroatoms. The average Bonchev–Trinajstić information content (AvgIpc) is 2.78. The van der Waals surface area contributed by atoms with E-state index < -0.39 is 11.9 Å². The van der Waals surface area contributed by atoms with Gasteiger partial charge >= 0.3 is 0 Å². The lowest BCUT2D eigenvalue weighted by Crippen LogP contribution is -2.51. The first-order valence-corrected chi connectivity index (χ1v) is 11.4. The summed E-state index contributed by atoms with van der Waals surface area (Å²) < 4.78 is 15.1. The molecule has 3 aromatic carbocycles. The van der Waals surface area contributed by atoms with Crippen molar-refractivity contribution >= 4 is 27.7 Å². The molecule has 1 atom stereocenters. The van der Waals surface area contributed by atoms with Crippen LogP contribution in [0.15, 0.2) is 83.3 Å². The molecule has 3 rings (SSSR count). The molecule has 0 aliphatic carbocycles. The number of benzene rings is 3. The van der Waals surface area contributed by atoms with E-state index in [1.165, 1.54) is 6.07 Å². The molecule has 0 aliphatic heterocycles. The van der Waals surface area contributed by atoms with Gasteiger partial charge in [0.1, 0.15) is 11.9 Å². The second kappa shape index (κ2) is 11.6. The van der Waals surface area contributed by atoms with Crippen LogP contribution in [0.4, 0.5) is 4.39 Å². The normalized spacial score (nSPS) is 11.6. The topological polar surface area (TPSA) is 49.4 Å². The van der Waals surface area contributed by atoms with E-state index in [1.54, 1.807) is 23.1 Å². The van der Waals surface area contributed by atoms with E-state index in [0.29, 0.717) is 18.5 Å². The van der Waals surface area contributed by atoms with Crippen molar-refractivity contribution in [3.63, 3.8) is 0 Å². The number of amides is 2. The Kier molecular flexibility index (Phi) is 8.56. The lowest BCUT2D eigenvalue weighted by molar-refractivity contribution is -0.140. The molecule has 4 nitrogen and oxygen atoms in total. The minimum atomic E-state index is -0.726. The third-order valence-corrected chi connectivity index (χ3v) is 5.66. The number of carbonyl (C=O) groups is 2. The highest BCUT2D eigenvalue weighted by Crippen LogP contribution is 2.19. The molecule has 0 bridgehead atoms. The van der Waals surface area contributed by atoms with E-state index in [4.69, 9.17) is 0 Å². The summed E-state index contributed by atoms with van der Waals surface area (Å²) in [5.41, 5.74) is 2.14. The van der Waals surface area contributed by atoms with Crippen LogP contribution in [0.3, 0.4) is 0 Å². The second-order valence-electron chi connectivity index (χ2n) is 7.52. The van der Waals surface area contributed by atoms with E-state index in [2.05, 4.69) is 21.2 Å². The SMILES string of the molecule is CCNC(=O)[C@@H](Cc1ccccc1)N(Cc1cccc(Br)c1)C(=O)Cc1ccccc1F. The zero-order valence-corrected chi connectivity index (χ0v) is 19.5. The number of rotatable bonds is 9. The van der Waals surface area contributed by atoms with Gasteiger partial charge in [-0.15, -0.1) is 0 Å². The third kappa shape index (κ3) is 6.50. The van der Waals surface area contributed by atoms with Gasteiger partial charge in [0.2, 0.25) is 11.8 Å². The smallest absolute Gasteiger partial charge is 0.243 e. The Hall–Kier alpha value is -2.99. The molecule has 0 spiro atoms. The molecule has 0 fully saturated rings. The van der Waals surface area contributed by atoms with Crippen molar-refractivity contribution in [3.8, 4) is 0 Å². The van der Waals surface area contributed by atoms with Crippen molar-refractivity contribution in [2.75, 3.05) is 6.54 Å². The first-order chi connectivity index (χ1) is 15.5. The van der Waals surface area contributed by atoms with Crippen molar-refractivity contribution in [1.82, 2.24) is 10.2 Å². The molecule has 32 heavy (non-hydrogen) atoms. The van der Waals surface area contributed by atoms with Gasteiger partial charge in [0, 0.05) is 24.0 Å². The van der Waals surface area contributed by atoms with Crippen molar-refractivity contribution in [3.05, 3.63) is 106 Å². The molecule has 2 amide bonds. The summed E-state index contributed by atoms with van der Waals surface area (Å²) in [6, 6.07) is 22.7. The van der Waals surface area contributed by atoms with Crippen LogP contribution in [-0.4, -0.2) is 29.3 Å². The summed E-state index contributed by atoms with van der Waals surface area (Å²) >= 11 is 3.46. The maximum absolute atomic E-state index is 14.3. The molecule has 0 heterocycles. The number of hydrogen-bond acceptors (Lipinski definition) is 2. The van der Waals surface area contributed by atoms with Crippen molar-refractivity contribution < 1.29 is 14.0 Å². The second-order valence-corrected chi connectivity index (χ2v) is 8.44. The Morgan fingerprint density at radius 2 is 1.66 bits per heavy atom. The van der Waals surface area contributed by atoms with Gasteiger partial charge in [-0.25, -0.2) is 4.39 Å². The minimum Gasteiger partial charge on any atom is -0.355 e. The molecule has 0 aliphatic rings. The van der Waals surface area contributed by atoms with Crippen molar-refractivity contribution in [1.29, 1.82) is 0 Å².